The van der Waals surface area contributed by atoms with Crippen molar-refractivity contribution < 1.29 is 70.1 Å². The summed E-state index contributed by atoms with van der Waals surface area (Å²) < 4.78 is 74.6. The summed E-state index contributed by atoms with van der Waals surface area (Å²) in [5, 5.41) is 25.3. The van der Waals surface area contributed by atoms with Crippen molar-refractivity contribution in [3.05, 3.63) is 30.3 Å². The second kappa shape index (κ2) is 21.3. The molecule has 4 heterocycles. The number of esters is 2. The Hall–Kier alpha value is -1.75. The number of aliphatic hydroxyl groups excluding tert-OH is 1. The molecule has 60 heavy (non-hydrogen) atoms. The molecule has 1 aromatic carbocycles. The van der Waals surface area contributed by atoms with Crippen LogP contribution >= 0.6 is 18.5 Å². The normalized spacial score (nSPS) is 44.2. The fourth-order valence-corrected chi connectivity index (χ4v) is 9.54. The van der Waals surface area contributed by atoms with Crippen LogP contribution in [0.5, 0.6) is 5.75 Å². The van der Waals surface area contributed by atoms with E-state index < -0.39 is 116 Å². The highest BCUT2D eigenvalue weighted by atomic mass is 31.0. The van der Waals surface area contributed by atoms with Gasteiger partial charge in [0.1, 0.15) is 32.5 Å². The predicted octanol–water partition coefficient (Wildman–Crippen LogP) is 2.76. The van der Waals surface area contributed by atoms with Crippen molar-refractivity contribution in [2.24, 2.45) is 29.6 Å². The molecule has 0 aromatic heterocycles. The van der Waals surface area contributed by atoms with Crippen molar-refractivity contribution >= 4 is 36.2 Å². The smallest absolute Gasteiger partial charge is 0.343 e. The number of nitrogens with one attached hydrogen (secondary N) is 2. The highest BCUT2D eigenvalue weighted by Gasteiger charge is 2.59. The van der Waals surface area contributed by atoms with Crippen LogP contribution in [0.25, 0.3) is 0 Å². The number of ether oxygens (including phenoxy) is 9. The fourth-order valence-electron chi connectivity index (χ4n) is 9.06. The van der Waals surface area contributed by atoms with Gasteiger partial charge in [-0.2, -0.15) is 0 Å². The zero-order valence-electron chi connectivity index (χ0n) is 38.3. The van der Waals surface area contributed by atoms with E-state index in [4.69, 9.17) is 45.5 Å². The number of ketones is 1. The van der Waals surface area contributed by atoms with E-state index in [0.29, 0.717) is 0 Å². The zero-order valence-corrected chi connectivity index (χ0v) is 38.6. The first-order valence-electron chi connectivity index (χ1n) is 21.8. The number of para-hydroxylation sites is 1. The van der Waals surface area contributed by atoms with Gasteiger partial charge in [0.05, 0.1) is 43.1 Å². The summed E-state index contributed by atoms with van der Waals surface area (Å²) in [5.74, 6) is -2.34. The van der Waals surface area contributed by atoms with Gasteiger partial charge in [0.2, 0.25) is 0 Å². The van der Waals surface area contributed by atoms with Crippen LogP contribution in [0.3, 0.4) is 0 Å². The molecule has 4 aliphatic rings. The maximum absolute atomic E-state index is 13.4. The molecule has 10 unspecified atom stereocenters. The Balaban J connectivity index is 1.38. The molecule has 4 saturated heterocycles. The van der Waals surface area contributed by atoms with Crippen LogP contribution in [-0.4, -0.2) is 139 Å². The van der Waals surface area contributed by atoms with Crippen LogP contribution in [0.1, 0.15) is 69.2 Å². The van der Waals surface area contributed by atoms with Gasteiger partial charge < -0.3 is 63.5 Å². The minimum absolute atomic E-state index is 0.0120. The van der Waals surface area contributed by atoms with E-state index in [-0.39, 0.29) is 47.8 Å². The van der Waals surface area contributed by atoms with Gasteiger partial charge in [-0.15, -0.1) is 18.5 Å². The Morgan fingerprint density at radius 1 is 0.750 bits per heavy atom. The molecule has 340 valence electrons. The van der Waals surface area contributed by atoms with E-state index in [0.717, 1.165) is 6.92 Å². The van der Waals surface area contributed by atoms with E-state index in [1.54, 1.807) is 37.3 Å². The Bertz CT molecular complexity index is 1660. The number of hydrogen-bond acceptors (Lipinski definition) is 16. The summed E-state index contributed by atoms with van der Waals surface area (Å²) in [6, 6.07) is 6.69. The van der Waals surface area contributed by atoms with Gasteiger partial charge in [0.15, 0.2) is 36.9 Å². The van der Waals surface area contributed by atoms with Crippen LogP contribution in [0.4, 0.5) is 0 Å². The summed E-state index contributed by atoms with van der Waals surface area (Å²) in [6.07, 6.45) is -11.6. The Labute approximate surface area is 361 Å². The Morgan fingerprint density at radius 3 is 1.87 bits per heavy atom. The monoisotopic (exact) mass is 890 g/mol. The van der Waals surface area contributed by atoms with Crippen molar-refractivity contribution in [3.63, 3.8) is 0 Å². The van der Waals surface area contributed by atoms with Gasteiger partial charge in [-0.25, -0.2) is 4.79 Å². The zero-order chi connectivity index (χ0) is 46.0. The van der Waals surface area contributed by atoms with Crippen LogP contribution < -0.4 is 15.4 Å². The van der Waals surface area contributed by atoms with E-state index in [1.165, 1.54) is 24.5 Å². The second-order valence-electron chi connectivity index (χ2n) is 17.0. The van der Waals surface area contributed by atoms with Crippen molar-refractivity contribution in [1.82, 2.24) is 10.6 Å². The van der Waals surface area contributed by atoms with E-state index in [2.05, 4.69) is 25.4 Å². The summed E-state index contributed by atoms with van der Waals surface area (Å²) in [5.41, 5.74) is -2.16. The molecule has 16 nitrogen and oxygen atoms in total. The molecule has 1 aromatic rings. The minimum atomic E-state index is -2.16. The average molecular weight is 891 g/mol. The molecule has 4 fully saturated rings. The first-order chi connectivity index (χ1) is 29.2. The van der Waals surface area contributed by atoms with Crippen LogP contribution in [0, 0.1) is 29.6 Å². The highest BCUT2D eigenvalue weighted by Crippen LogP contribution is 2.41. The molecule has 4 N–H and O–H groups in total. The van der Waals surface area contributed by atoms with Crippen molar-refractivity contribution in [2.45, 2.75) is 161 Å². The molecule has 0 aliphatic carbocycles. The van der Waals surface area contributed by atoms with Gasteiger partial charge in [0.25, 0.3) is 0 Å². The topological polar surface area (TPSA) is 199 Å². The van der Waals surface area contributed by atoms with Crippen molar-refractivity contribution in [2.75, 3.05) is 19.2 Å². The molecule has 5 rings (SSSR count). The number of hydrogen-bond donors (Lipinski definition) is 4. The first-order valence-corrected chi connectivity index (χ1v) is 22.6. The second-order valence-corrected chi connectivity index (χ2v) is 17.7. The number of aliphatic hydroxyl groups is 2. The lowest BCUT2D eigenvalue weighted by Crippen LogP contribution is -2.70. The van der Waals surface area contributed by atoms with Crippen molar-refractivity contribution in [1.29, 1.82) is 0 Å². The first kappa shape index (κ1) is 46.2. The quantitative estimate of drug-likeness (QED) is 0.114. The van der Waals surface area contributed by atoms with Gasteiger partial charge in [-0.1, -0.05) is 52.8 Å². The molecule has 0 spiro atoms. The summed E-state index contributed by atoms with van der Waals surface area (Å²) in [7, 11) is 5.04. The van der Waals surface area contributed by atoms with Crippen LogP contribution in [0.15, 0.2) is 30.3 Å². The number of carbonyl (C=O) groups is 3. The van der Waals surface area contributed by atoms with Crippen LogP contribution in [-0.2, 0) is 52.3 Å². The summed E-state index contributed by atoms with van der Waals surface area (Å²) in [4.78, 5) is 38.5. The van der Waals surface area contributed by atoms with Gasteiger partial charge in [0, 0.05) is 37.2 Å². The fraction of sp³-hybridized carbons (Fsp3) is 0.786. The minimum Gasteiger partial charge on any atom is -0.456 e. The molecule has 0 radical (unpaired) electrons. The Morgan fingerprint density at radius 2 is 1.30 bits per heavy atom. The highest BCUT2D eigenvalue weighted by molar-refractivity contribution is 7.16. The molecule has 0 bridgehead atoms. The predicted molar refractivity (Wildman–Crippen MR) is 225 cm³/mol. The number of benzene rings is 1. The molecule has 0 amide bonds. The molecular weight excluding hydrogens is 818 g/mol. The maximum Gasteiger partial charge on any atom is 0.343 e. The maximum atomic E-state index is 13.4. The van der Waals surface area contributed by atoms with Gasteiger partial charge >= 0.3 is 11.9 Å². The standard InChI is InChI=1S/C42H68N2O14P2/c1-19-20(2)32(24(6)46)55-39(21(19)3)56-33-22(4)30(43-17-59)40(51-25(33)7)57-34-23(5)31(44-18-60)41(54-29(34)16-45)58-35-26(8)50-37(42(10,49)36(35)52-27(9)47)38(48)53-28-14-12-11-13-15-28/h11-15,19-23,25-26,29-37,39-41,43-45,49H,16-18,59-60H2,1-10H3/t19-,20+,21?,22+,23+,25?,26-,29?,30?,31?,32?,33-,34-,35?,36+,37?,39-,40-,41-,42-/m0/s1/i/hT2. The number of carbonyl (C=O) groups excluding carboxylic acids is 3. The largest absolute Gasteiger partial charge is 0.456 e. The Kier molecular flexibility index (Phi) is 16.4. The van der Waals surface area contributed by atoms with E-state index >= 15 is 0 Å². The summed E-state index contributed by atoms with van der Waals surface area (Å²) >= 11 is 0. The lowest BCUT2D eigenvalue weighted by Gasteiger charge is -2.52. The van der Waals surface area contributed by atoms with E-state index in [9.17, 15) is 24.6 Å². The average Bonchev–Trinajstić information content (AvgIpc) is 3.22. The number of rotatable bonds is 15. The third-order valence-corrected chi connectivity index (χ3v) is 13.2. The molecule has 18 heteroatoms. The molecule has 4 aliphatic heterocycles. The molecule has 22 atom stereocenters. The lowest BCUT2D eigenvalue weighted by molar-refractivity contribution is -0.351. The van der Waals surface area contributed by atoms with E-state index in [1.807, 2.05) is 34.6 Å². The van der Waals surface area contributed by atoms with Crippen LogP contribution in [0.2, 0.25) is 2.82 Å². The van der Waals surface area contributed by atoms with Gasteiger partial charge in [-0.05, 0) is 51.7 Å². The third kappa shape index (κ3) is 10.8. The van der Waals surface area contributed by atoms with Crippen molar-refractivity contribution in [3.8, 4) is 5.75 Å². The lowest BCUT2D eigenvalue weighted by atomic mass is 9.78. The summed E-state index contributed by atoms with van der Waals surface area (Å²) in [6.45, 7) is 16.8. The number of Topliss-reactive ketones (excluding diaryl/α,β-unsaturated/α-hetero) is 1. The SMILES string of the molecule is [3H]N(CP)C1[C@H](O[C@@H]2C(CO)O[C@@H](OC3[C@H](C)OC(C(=O)Oc4ccccc4)[C@@](C)(O)[C@@H]3OC(C)=O)C(N([3H])CP)[C@H]2C)OC(C)[C@@H](O[C@@H]2OC(C(C)=O)[C@H](C)[C@H](C)C2C)[C@@H]1C. The van der Waals surface area contributed by atoms with Gasteiger partial charge in [-0.3, -0.25) is 9.59 Å². The third-order valence-electron chi connectivity index (χ3n) is 12.8. The molecular formula is C42H68N2O14P2. The molecule has 0 saturated carbocycles.